The molecule has 0 fully saturated rings. The van der Waals surface area contributed by atoms with E-state index >= 15 is 0 Å². The second kappa shape index (κ2) is 13.5. The van der Waals surface area contributed by atoms with Crippen LogP contribution in [0.3, 0.4) is 0 Å². The van der Waals surface area contributed by atoms with E-state index in [0.717, 1.165) is 25.1 Å². The van der Waals surface area contributed by atoms with Crippen LogP contribution in [0.2, 0.25) is 0 Å². The Labute approximate surface area is 141 Å². The summed E-state index contributed by atoms with van der Waals surface area (Å²) in [5, 5.41) is 0. The molecular formula is C16H32N2O4S. The zero-order chi connectivity index (χ0) is 17.6. The predicted octanol–water partition coefficient (Wildman–Crippen LogP) is 4.23. The SMILES string of the molecule is CCCCCCCCOS(=O)(=O)O.CCCCc1c[nH]c(C)n1. The van der Waals surface area contributed by atoms with E-state index in [1.165, 1.54) is 37.8 Å². The van der Waals surface area contributed by atoms with E-state index in [-0.39, 0.29) is 6.61 Å². The molecule has 23 heavy (non-hydrogen) atoms. The van der Waals surface area contributed by atoms with Crippen LogP contribution in [0.25, 0.3) is 0 Å². The Morgan fingerprint density at radius 1 is 1.09 bits per heavy atom. The van der Waals surface area contributed by atoms with Crippen molar-refractivity contribution in [1.82, 2.24) is 9.97 Å². The maximum absolute atomic E-state index is 10.1. The molecule has 0 atom stereocenters. The first kappa shape index (κ1) is 22.1. The number of aryl methyl sites for hydroxylation is 2. The third kappa shape index (κ3) is 15.7. The molecule has 0 aliphatic rings. The van der Waals surface area contributed by atoms with Crippen molar-refractivity contribution in [3.05, 3.63) is 17.7 Å². The van der Waals surface area contributed by atoms with Gasteiger partial charge in [-0.05, 0) is 26.2 Å². The van der Waals surface area contributed by atoms with Crippen LogP contribution in [0.1, 0.15) is 76.7 Å². The van der Waals surface area contributed by atoms with E-state index in [1.54, 1.807) is 0 Å². The topological polar surface area (TPSA) is 92.3 Å². The van der Waals surface area contributed by atoms with E-state index < -0.39 is 10.4 Å². The van der Waals surface area contributed by atoms with Gasteiger partial charge in [-0.25, -0.2) is 9.17 Å². The second-order valence-corrected chi connectivity index (χ2v) is 6.69. The summed E-state index contributed by atoms with van der Waals surface area (Å²) in [4.78, 5) is 7.36. The van der Waals surface area contributed by atoms with Crippen LogP contribution in [0.4, 0.5) is 0 Å². The van der Waals surface area contributed by atoms with Crippen molar-refractivity contribution in [2.24, 2.45) is 0 Å². The zero-order valence-electron chi connectivity index (χ0n) is 14.7. The summed E-state index contributed by atoms with van der Waals surface area (Å²) in [7, 11) is -4.22. The van der Waals surface area contributed by atoms with Gasteiger partial charge in [0, 0.05) is 6.20 Å². The van der Waals surface area contributed by atoms with Crippen LogP contribution < -0.4 is 0 Å². The van der Waals surface area contributed by atoms with Gasteiger partial charge >= 0.3 is 10.4 Å². The molecule has 0 saturated carbocycles. The second-order valence-electron chi connectivity index (χ2n) is 5.60. The Morgan fingerprint density at radius 3 is 2.22 bits per heavy atom. The summed E-state index contributed by atoms with van der Waals surface area (Å²) in [5.41, 5.74) is 1.19. The van der Waals surface area contributed by atoms with Crippen LogP contribution >= 0.6 is 0 Å². The molecule has 0 aromatic carbocycles. The standard InChI is InChI=1S/C8H14N2.C8H18O4S/c1-3-4-5-8-6-9-7(2)10-8;1-2-3-4-5-6-7-8-12-13(9,10)11/h6H,3-5H2,1-2H3,(H,9,10);2-8H2,1H3,(H,9,10,11). The number of hydrogen-bond acceptors (Lipinski definition) is 4. The van der Waals surface area contributed by atoms with Gasteiger partial charge in [0.1, 0.15) is 5.82 Å². The van der Waals surface area contributed by atoms with Gasteiger partial charge in [0.25, 0.3) is 0 Å². The quantitative estimate of drug-likeness (QED) is 0.461. The van der Waals surface area contributed by atoms with Gasteiger partial charge < -0.3 is 4.98 Å². The first-order chi connectivity index (χ1) is 10.9. The number of hydrogen-bond donors (Lipinski definition) is 2. The van der Waals surface area contributed by atoms with Gasteiger partial charge in [0.2, 0.25) is 0 Å². The van der Waals surface area contributed by atoms with Gasteiger partial charge in [0.05, 0.1) is 12.3 Å². The number of imidazole rings is 1. The Bertz CT molecular complexity index is 486. The van der Waals surface area contributed by atoms with Gasteiger partial charge in [-0.1, -0.05) is 52.4 Å². The smallest absolute Gasteiger partial charge is 0.349 e. The lowest BCUT2D eigenvalue weighted by Gasteiger charge is -2.00. The monoisotopic (exact) mass is 348 g/mol. The van der Waals surface area contributed by atoms with Crippen molar-refractivity contribution in [3.63, 3.8) is 0 Å². The lowest BCUT2D eigenvalue weighted by Crippen LogP contribution is -2.04. The van der Waals surface area contributed by atoms with Crippen molar-refractivity contribution >= 4 is 10.4 Å². The van der Waals surface area contributed by atoms with Crippen molar-refractivity contribution in [2.45, 2.75) is 78.6 Å². The van der Waals surface area contributed by atoms with E-state index in [2.05, 4.69) is 28.0 Å². The molecular weight excluding hydrogens is 316 g/mol. The van der Waals surface area contributed by atoms with E-state index in [1.807, 2.05) is 13.1 Å². The molecule has 1 aromatic rings. The largest absolute Gasteiger partial charge is 0.397 e. The molecule has 7 heteroatoms. The van der Waals surface area contributed by atoms with E-state index in [4.69, 9.17) is 4.55 Å². The highest BCUT2D eigenvalue weighted by molar-refractivity contribution is 7.80. The highest BCUT2D eigenvalue weighted by Gasteiger charge is 2.02. The minimum absolute atomic E-state index is 0.0883. The number of nitrogens with zero attached hydrogens (tertiary/aromatic N) is 1. The molecule has 0 aliphatic carbocycles. The summed E-state index contributed by atoms with van der Waals surface area (Å²) in [6.45, 7) is 6.40. The Morgan fingerprint density at radius 2 is 1.70 bits per heavy atom. The fourth-order valence-corrected chi connectivity index (χ4v) is 2.33. The minimum atomic E-state index is -4.22. The lowest BCUT2D eigenvalue weighted by molar-refractivity contribution is 0.261. The maximum Gasteiger partial charge on any atom is 0.397 e. The number of unbranched alkanes of at least 4 members (excludes halogenated alkanes) is 6. The van der Waals surface area contributed by atoms with Crippen LogP contribution in [0.5, 0.6) is 0 Å². The molecule has 0 unspecified atom stereocenters. The summed E-state index contributed by atoms with van der Waals surface area (Å²) < 4.78 is 32.6. The van der Waals surface area contributed by atoms with Gasteiger partial charge in [0.15, 0.2) is 0 Å². The van der Waals surface area contributed by atoms with Crippen LogP contribution in [0, 0.1) is 6.92 Å². The summed E-state index contributed by atoms with van der Waals surface area (Å²) in [6.07, 6.45) is 11.9. The fraction of sp³-hybridized carbons (Fsp3) is 0.812. The highest BCUT2D eigenvalue weighted by atomic mass is 32.3. The highest BCUT2D eigenvalue weighted by Crippen LogP contribution is 2.05. The van der Waals surface area contributed by atoms with Gasteiger partial charge in [-0.15, -0.1) is 0 Å². The first-order valence-electron chi connectivity index (χ1n) is 8.51. The number of nitrogens with one attached hydrogen (secondary N) is 1. The average molecular weight is 349 g/mol. The third-order valence-corrected chi connectivity index (χ3v) is 3.74. The zero-order valence-corrected chi connectivity index (χ0v) is 15.5. The fourth-order valence-electron chi connectivity index (χ4n) is 2.00. The van der Waals surface area contributed by atoms with E-state index in [9.17, 15) is 8.42 Å². The maximum atomic E-state index is 10.1. The number of H-pyrrole nitrogens is 1. The Kier molecular flexibility index (Phi) is 13.0. The number of rotatable bonds is 11. The molecule has 1 heterocycles. The first-order valence-corrected chi connectivity index (χ1v) is 9.88. The predicted molar refractivity (Wildman–Crippen MR) is 92.8 cm³/mol. The van der Waals surface area contributed by atoms with Crippen LogP contribution in [-0.2, 0) is 21.0 Å². The molecule has 136 valence electrons. The molecule has 1 rings (SSSR count). The summed E-state index contributed by atoms with van der Waals surface area (Å²) in [5.74, 6) is 1.02. The summed E-state index contributed by atoms with van der Waals surface area (Å²) >= 11 is 0. The van der Waals surface area contributed by atoms with Crippen molar-refractivity contribution in [2.75, 3.05) is 6.61 Å². The molecule has 0 spiro atoms. The molecule has 6 nitrogen and oxygen atoms in total. The summed E-state index contributed by atoms with van der Waals surface area (Å²) in [6, 6.07) is 0. The van der Waals surface area contributed by atoms with Crippen molar-refractivity contribution in [1.29, 1.82) is 0 Å². The van der Waals surface area contributed by atoms with Crippen molar-refractivity contribution in [3.8, 4) is 0 Å². The Balaban J connectivity index is 0.000000433. The molecule has 0 radical (unpaired) electrons. The van der Waals surface area contributed by atoms with E-state index in [0.29, 0.717) is 6.42 Å². The molecule has 2 N–H and O–H groups in total. The van der Waals surface area contributed by atoms with Gasteiger partial charge in [-0.3, -0.25) is 4.55 Å². The normalized spacial score (nSPS) is 11.1. The Hall–Kier alpha value is -0.920. The molecule has 0 bridgehead atoms. The van der Waals surface area contributed by atoms with Crippen LogP contribution in [-0.4, -0.2) is 29.5 Å². The molecule has 0 aliphatic heterocycles. The third-order valence-electron chi connectivity index (χ3n) is 3.28. The molecule has 1 aromatic heterocycles. The van der Waals surface area contributed by atoms with Gasteiger partial charge in [-0.2, -0.15) is 8.42 Å². The minimum Gasteiger partial charge on any atom is -0.349 e. The average Bonchev–Trinajstić information content (AvgIpc) is 2.89. The number of aromatic amines is 1. The molecule has 0 saturated heterocycles. The van der Waals surface area contributed by atoms with Crippen molar-refractivity contribution < 1.29 is 17.2 Å². The number of aromatic nitrogens is 2. The van der Waals surface area contributed by atoms with Crippen LogP contribution in [0.15, 0.2) is 6.20 Å². The lowest BCUT2D eigenvalue weighted by atomic mass is 10.1. The molecule has 0 amide bonds.